The highest BCUT2D eigenvalue weighted by atomic mass is 127. The Balaban J connectivity index is 0.000000625. The van der Waals surface area contributed by atoms with E-state index in [0.29, 0.717) is 21.8 Å². The maximum atomic E-state index is 11.5. The van der Waals surface area contributed by atoms with Crippen LogP contribution in [0.1, 0.15) is 0 Å². The highest BCUT2D eigenvalue weighted by Crippen LogP contribution is 2.61. The summed E-state index contributed by atoms with van der Waals surface area (Å²) in [5.74, 6) is 0. The molecule has 43 heavy (non-hydrogen) atoms. The molecule has 0 saturated carbocycles. The first-order valence-corrected chi connectivity index (χ1v) is 20.1. The summed E-state index contributed by atoms with van der Waals surface area (Å²) in [6, 6.07) is 19.4. The third-order valence-corrected chi connectivity index (χ3v) is 4.99. The van der Waals surface area contributed by atoms with E-state index in [9.17, 15) is 9.36 Å². The summed E-state index contributed by atoms with van der Waals surface area (Å²) in [6.07, 6.45) is 6.01. The molecule has 0 fully saturated rings. The smallest absolute Gasteiger partial charge is 0.339 e. The lowest BCUT2D eigenvalue weighted by Gasteiger charge is -2.01. The molecule has 1 unspecified atom stereocenters. The fraction of sp³-hybridized carbons (Fsp3) is 0.0833. The Bertz CT molecular complexity index is 1750. The molecule has 0 radical (unpaired) electrons. The van der Waals surface area contributed by atoms with Crippen molar-refractivity contribution in [3.8, 4) is 11.4 Å². The molecule has 0 bridgehead atoms. The molecular weight excluding hydrogens is 906 g/mol. The first-order chi connectivity index (χ1) is 19.7. The minimum atomic E-state index is -3.22. The summed E-state index contributed by atoms with van der Waals surface area (Å²) >= 11 is 24.1. The van der Waals surface area contributed by atoms with Crippen LogP contribution >= 0.6 is 106 Å². The molecule has 6 rings (SSSR count). The Morgan fingerprint density at radius 1 is 0.744 bits per heavy atom. The Morgan fingerprint density at radius 3 is 1.63 bits per heavy atom. The summed E-state index contributed by atoms with van der Waals surface area (Å²) in [4.78, 5) is 30.2. The number of nitrogens with zero attached hydrogens (tertiary/aromatic N) is 7. The number of benzene rings is 2. The summed E-state index contributed by atoms with van der Waals surface area (Å²) in [5, 5.41) is 6.87. The van der Waals surface area contributed by atoms with Crippen molar-refractivity contribution in [2.75, 3.05) is 9.86 Å². The van der Waals surface area contributed by atoms with Gasteiger partial charge in [-0.3, -0.25) is 9.36 Å². The molecule has 232 valence electrons. The number of fused-ring (bicyclic) bond motifs is 2. The molecule has 4 aromatic heterocycles. The lowest BCUT2D eigenvalue weighted by atomic mass is 10.3. The summed E-state index contributed by atoms with van der Waals surface area (Å²) < 4.78 is 12.9. The molecule has 2 aromatic carbocycles. The van der Waals surface area contributed by atoms with Crippen LogP contribution < -0.4 is 5.56 Å². The molecule has 4 heterocycles. The van der Waals surface area contributed by atoms with Crippen LogP contribution in [0.5, 0.6) is 0 Å². The van der Waals surface area contributed by atoms with Crippen molar-refractivity contribution in [2.45, 2.75) is 0 Å². The van der Waals surface area contributed by atoms with Crippen LogP contribution in [-0.4, -0.2) is 54.8 Å². The summed E-state index contributed by atoms with van der Waals surface area (Å²) in [6.45, 7) is 0. The van der Waals surface area contributed by atoms with Crippen LogP contribution in [0.3, 0.4) is 0 Å². The first kappa shape index (κ1) is 41.6. The zero-order valence-electron chi connectivity index (χ0n) is 22.5. The molecule has 0 saturated heterocycles. The largest absolute Gasteiger partial charge is 0.412 e. The van der Waals surface area contributed by atoms with Gasteiger partial charge in [-0.25, -0.2) is 24.3 Å². The third kappa shape index (κ3) is 12.8. The lowest BCUT2D eigenvalue weighted by molar-refractivity contribution is 0.600. The van der Waals surface area contributed by atoms with Crippen molar-refractivity contribution in [2.24, 2.45) is 0 Å². The highest BCUT2D eigenvalue weighted by Gasteiger charge is 2.09. The van der Waals surface area contributed by atoms with E-state index >= 15 is 0 Å². The van der Waals surface area contributed by atoms with Crippen molar-refractivity contribution in [1.82, 2.24) is 39.5 Å². The zero-order chi connectivity index (χ0) is 30.4. The zero-order valence-corrected chi connectivity index (χ0v) is 32.1. The first-order valence-electron chi connectivity index (χ1n) is 11.0. The standard InChI is InChI=1S/C11H7ClN4.C11H8N4O.2CH3I.Cl3OP.H2O.H3P/c12-10-9-6-15-16(11(9)14-7-13-10)8-4-2-1-3-5-8;16-11-9-6-14-15(10(9)12-7-13-11)8-4-2-1-3-5-8;2*1-2;1-5(2,3)4;;/h1-7H;1-7H,(H,12,13,16);2*1H3;;1H2;1H3. The van der Waals surface area contributed by atoms with Gasteiger partial charge in [0.25, 0.3) is 5.56 Å². The molecular formula is C24H26Cl4I2N8O3P2. The van der Waals surface area contributed by atoms with Gasteiger partial charge in [0.2, 0.25) is 0 Å². The van der Waals surface area contributed by atoms with Crippen LogP contribution in [-0.2, 0) is 4.57 Å². The molecule has 19 heteroatoms. The van der Waals surface area contributed by atoms with Gasteiger partial charge in [-0.15, -0.1) is 0 Å². The van der Waals surface area contributed by atoms with Crippen LogP contribution in [0.4, 0.5) is 0 Å². The maximum absolute atomic E-state index is 11.5. The number of alkyl halides is 2. The minimum absolute atomic E-state index is 0. The van der Waals surface area contributed by atoms with Crippen molar-refractivity contribution in [3.63, 3.8) is 0 Å². The van der Waals surface area contributed by atoms with Crippen molar-refractivity contribution in [3.05, 3.63) is 101 Å². The molecule has 11 nitrogen and oxygen atoms in total. The van der Waals surface area contributed by atoms with Crippen LogP contribution in [0.2, 0.25) is 5.15 Å². The van der Waals surface area contributed by atoms with E-state index in [1.165, 1.54) is 18.9 Å². The van der Waals surface area contributed by atoms with E-state index in [2.05, 4.69) is 109 Å². The molecule has 6 aromatic rings. The van der Waals surface area contributed by atoms with Gasteiger partial charge < -0.3 is 10.5 Å². The number of H-pyrrole nitrogens is 1. The van der Waals surface area contributed by atoms with Crippen molar-refractivity contribution >= 4 is 128 Å². The summed E-state index contributed by atoms with van der Waals surface area (Å²) in [7, 11) is 0. The predicted octanol–water partition coefficient (Wildman–Crippen LogP) is 7.72. The Morgan fingerprint density at radius 2 is 1.16 bits per heavy atom. The van der Waals surface area contributed by atoms with Gasteiger partial charge in [0.1, 0.15) is 16.9 Å². The quantitative estimate of drug-likeness (QED) is 0.0807. The molecule has 0 aliphatic heterocycles. The molecule has 0 spiro atoms. The second-order valence-corrected chi connectivity index (χ2v) is 14.1. The second-order valence-electron chi connectivity index (χ2n) is 7.05. The molecule has 0 amide bonds. The van der Waals surface area contributed by atoms with Crippen LogP contribution in [0.15, 0.2) is 90.5 Å². The van der Waals surface area contributed by atoms with E-state index in [1.807, 2.05) is 70.5 Å². The number of nitrogens with one attached hydrogen (secondary N) is 1. The van der Waals surface area contributed by atoms with Crippen molar-refractivity contribution in [1.29, 1.82) is 0 Å². The van der Waals surface area contributed by atoms with Crippen molar-refractivity contribution < 1.29 is 10.0 Å². The summed E-state index contributed by atoms with van der Waals surface area (Å²) in [5.41, 5.74) is 2.94. The highest BCUT2D eigenvalue weighted by molar-refractivity contribution is 14.1. The Labute approximate surface area is 297 Å². The average molecular weight is 932 g/mol. The Kier molecular flexibility index (Phi) is 20.6. The maximum Gasteiger partial charge on any atom is 0.339 e. The molecule has 0 aliphatic rings. The van der Waals surface area contributed by atoms with Gasteiger partial charge in [0, 0.05) is 0 Å². The molecule has 1 atom stereocenters. The number of para-hydroxylation sites is 2. The number of rotatable bonds is 2. The topological polar surface area (TPSA) is 156 Å². The third-order valence-electron chi connectivity index (χ3n) is 4.69. The van der Waals surface area contributed by atoms with E-state index in [0.717, 1.165) is 16.8 Å². The fourth-order valence-corrected chi connectivity index (χ4v) is 3.36. The van der Waals surface area contributed by atoms with E-state index in [-0.39, 0.29) is 20.9 Å². The van der Waals surface area contributed by atoms with Gasteiger partial charge >= 0.3 is 5.20 Å². The number of aromatic nitrogens is 8. The van der Waals surface area contributed by atoms with Gasteiger partial charge in [-0.05, 0) is 67.8 Å². The predicted molar refractivity (Wildman–Crippen MR) is 201 cm³/mol. The van der Waals surface area contributed by atoms with Crippen LogP contribution in [0.25, 0.3) is 33.4 Å². The van der Waals surface area contributed by atoms with Gasteiger partial charge in [0.05, 0.1) is 35.5 Å². The number of aromatic amines is 1. The molecule has 0 aliphatic carbocycles. The Hall–Kier alpha value is -1.42. The molecule has 3 N–H and O–H groups in total. The van der Waals surface area contributed by atoms with Gasteiger partial charge in [0.15, 0.2) is 11.3 Å². The van der Waals surface area contributed by atoms with E-state index in [1.54, 1.807) is 15.6 Å². The second kappa shape index (κ2) is 21.3. The van der Waals surface area contributed by atoms with E-state index < -0.39 is 5.20 Å². The fourth-order valence-electron chi connectivity index (χ4n) is 3.19. The van der Waals surface area contributed by atoms with Crippen LogP contribution in [0, 0.1) is 0 Å². The normalized spacial score (nSPS) is 9.67. The number of hydrogen-bond acceptors (Lipinski definition) is 7. The average Bonchev–Trinajstić information content (AvgIpc) is 3.62. The van der Waals surface area contributed by atoms with E-state index in [4.69, 9.17) is 11.6 Å². The SMILES string of the molecule is CI.CI.Clc1ncnc2c1cnn2-c1ccccc1.O.O=P(Cl)(Cl)Cl.O=c1[nH]cnc2c1cnn2-c1ccccc1.P. The minimum Gasteiger partial charge on any atom is -0.412 e. The van der Waals surface area contributed by atoms with Gasteiger partial charge in [-0.1, -0.05) is 93.2 Å². The number of hydrogen-bond donors (Lipinski definition) is 1. The lowest BCUT2D eigenvalue weighted by Crippen LogP contribution is -2.06. The van der Waals surface area contributed by atoms with Gasteiger partial charge in [-0.2, -0.15) is 20.1 Å². The monoisotopic (exact) mass is 930 g/mol. The number of halogens is 6.